The molecule has 7 heteroatoms. The van der Waals surface area contributed by atoms with Crippen molar-refractivity contribution in [2.45, 2.75) is 24.8 Å². The number of rotatable bonds is 8. The molecule has 0 radical (unpaired) electrons. The molecule has 3 aromatic carbocycles. The van der Waals surface area contributed by atoms with Crippen molar-refractivity contribution in [3.8, 4) is 11.5 Å². The molecular formula is C24H23NO5S. The summed E-state index contributed by atoms with van der Waals surface area (Å²) in [6, 6.07) is 22.8. The average Bonchev–Trinajstić information content (AvgIpc) is 2.80. The molecule has 1 N–H and O–H groups in total. The van der Waals surface area contributed by atoms with Gasteiger partial charge in [-0.1, -0.05) is 37.3 Å². The highest BCUT2D eigenvalue weighted by Gasteiger charge is 2.22. The second-order valence-electron chi connectivity index (χ2n) is 6.61. The first-order chi connectivity index (χ1) is 15.0. The van der Waals surface area contributed by atoms with E-state index in [0.717, 1.165) is 0 Å². The molecule has 0 saturated heterocycles. The molecule has 0 heterocycles. The largest absolute Gasteiger partial charge is 0.457 e. The summed E-state index contributed by atoms with van der Waals surface area (Å²) < 4.78 is 23.2. The molecule has 2 atom stereocenters. The van der Waals surface area contributed by atoms with Gasteiger partial charge in [0.05, 0.1) is 21.3 Å². The van der Waals surface area contributed by atoms with E-state index >= 15 is 0 Å². The van der Waals surface area contributed by atoms with Gasteiger partial charge in [-0.3, -0.25) is 9.00 Å². The van der Waals surface area contributed by atoms with Crippen LogP contribution in [-0.2, 0) is 20.3 Å². The second kappa shape index (κ2) is 10.5. The molecule has 3 rings (SSSR count). The van der Waals surface area contributed by atoms with Crippen LogP contribution >= 0.6 is 0 Å². The van der Waals surface area contributed by atoms with Gasteiger partial charge in [-0.25, -0.2) is 4.79 Å². The van der Waals surface area contributed by atoms with Crippen LogP contribution in [0.25, 0.3) is 0 Å². The number of carbonyl (C=O) groups excluding carboxylic acids is 2. The highest BCUT2D eigenvalue weighted by Crippen LogP contribution is 2.23. The summed E-state index contributed by atoms with van der Waals surface area (Å²) in [5.74, 6) is 0.559. The molecule has 0 fully saturated rings. The van der Waals surface area contributed by atoms with Gasteiger partial charge in [0.15, 0.2) is 6.10 Å². The van der Waals surface area contributed by atoms with E-state index in [1.807, 2.05) is 30.3 Å². The molecule has 31 heavy (non-hydrogen) atoms. The summed E-state index contributed by atoms with van der Waals surface area (Å²) >= 11 is 0. The van der Waals surface area contributed by atoms with E-state index in [-0.39, 0.29) is 5.56 Å². The Morgan fingerprint density at radius 2 is 1.52 bits per heavy atom. The number of anilines is 1. The Morgan fingerprint density at radius 1 is 0.903 bits per heavy atom. The Bertz CT molecular complexity index is 1070. The molecule has 6 nitrogen and oxygen atoms in total. The maximum absolute atomic E-state index is 12.5. The smallest absolute Gasteiger partial charge is 0.340 e. The first-order valence-corrected chi connectivity index (χ1v) is 11.1. The third-order valence-electron chi connectivity index (χ3n) is 4.37. The van der Waals surface area contributed by atoms with Crippen molar-refractivity contribution in [2.24, 2.45) is 0 Å². The van der Waals surface area contributed by atoms with Gasteiger partial charge in [0.25, 0.3) is 5.91 Å². The van der Waals surface area contributed by atoms with E-state index in [2.05, 4.69) is 5.32 Å². The Hall–Kier alpha value is -3.45. The normalized spacial score (nSPS) is 12.5. The van der Waals surface area contributed by atoms with Crippen molar-refractivity contribution < 1.29 is 23.3 Å². The molecule has 0 aromatic heterocycles. The summed E-state index contributed by atoms with van der Waals surface area (Å²) in [4.78, 5) is 25.4. The number of nitrogens with one attached hydrogen (secondary N) is 1. The van der Waals surface area contributed by atoms with Gasteiger partial charge >= 0.3 is 5.97 Å². The minimum atomic E-state index is -1.31. The fraction of sp³-hybridized carbons (Fsp3) is 0.167. The summed E-state index contributed by atoms with van der Waals surface area (Å²) in [7, 11) is -1.31. The van der Waals surface area contributed by atoms with Crippen molar-refractivity contribution in [3.05, 3.63) is 84.4 Å². The van der Waals surface area contributed by atoms with Crippen molar-refractivity contribution in [2.75, 3.05) is 11.1 Å². The van der Waals surface area contributed by atoms with Gasteiger partial charge in [0.1, 0.15) is 11.5 Å². The van der Waals surface area contributed by atoms with E-state index < -0.39 is 28.8 Å². The molecule has 160 valence electrons. The zero-order valence-corrected chi connectivity index (χ0v) is 18.1. The number of esters is 1. The van der Waals surface area contributed by atoms with Crippen LogP contribution in [-0.4, -0.2) is 27.9 Å². The fourth-order valence-corrected chi connectivity index (χ4v) is 3.68. The van der Waals surface area contributed by atoms with Crippen LogP contribution in [0.3, 0.4) is 0 Å². The van der Waals surface area contributed by atoms with Crippen LogP contribution in [0.1, 0.15) is 24.2 Å². The lowest BCUT2D eigenvalue weighted by Crippen LogP contribution is -2.30. The molecule has 0 saturated carbocycles. The highest BCUT2D eigenvalue weighted by atomic mass is 32.2. The first-order valence-electron chi connectivity index (χ1n) is 9.80. The molecule has 3 aromatic rings. The summed E-state index contributed by atoms with van der Waals surface area (Å²) in [5, 5.41) is 2.71. The van der Waals surface area contributed by atoms with E-state index in [1.165, 1.54) is 6.92 Å². The van der Waals surface area contributed by atoms with Crippen LogP contribution in [0.15, 0.2) is 83.8 Å². The minimum Gasteiger partial charge on any atom is -0.457 e. The lowest BCUT2D eigenvalue weighted by molar-refractivity contribution is -0.123. The van der Waals surface area contributed by atoms with Gasteiger partial charge in [0, 0.05) is 11.4 Å². The van der Waals surface area contributed by atoms with Gasteiger partial charge in [-0.05, 0) is 55.5 Å². The zero-order valence-electron chi connectivity index (χ0n) is 17.2. The topological polar surface area (TPSA) is 81.7 Å². The molecule has 0 aliphatic heterocycles. The third-order valence-corrected chi connectivity index (χ3v) is 5.74. The quantitative estimate of drug-likeness (QED) is 0.513. The Kier molecular flexibility index (Phi) is 7.56. The SMILES string of the molecule is CC[S@](=O)c1ccccc1C(=O)O[C@H](C)C(=O)Nc1ccc(Oc2ccccc2)cc1. The number of hydrogen-bond acceptors (Lipinski definition) is 5. The lowest BCUT2D eigenvalue weighted by atomic mass is 10.2. The van der Waals surface area contributed by atoms with E-state index in [4.69, 9.17) is 9.47 Å². The Labute approximate surface area is 183 Å². The van der Waals surface area contributed by atoms with Gasteiger partial charge in [-0.15, -0.1) is 0 Å². The number of para-hydroxylation sites is 1. The average molecular weight is 438 g/mol. The highest BCUT2D eigenvalue weighted by molar-refractivity contribution is 7.85. The maximum Gasteiger partial charge on any atom is 0.340 e. The number of hydrogen-bond donors (Lipinski definition) is 1. The maximum atomic E-state index is 12.5. The van der Waals surface area contributed by atoms with Crippen molar-refractivity contribution >= 4 is 28.4 Å². The number of ether oxygens (including phenoxy) is 2. The van der Waals surface area contributed by atoms with Crippen LogP contribution < -0.4 is 10.1 Å². The minimum absolute atomic E-state index is 0.199. The van der Waals surface area contributed by atoms with Crippen molar-refractivity contribution in [1.82, 2.24) is 0 Å². The molecule has 0 unspecified atom stereocenters. The Morgan fingerprint density at radius 3 is 2.19 bits per heavy atom. The van der Waals surface area contributed by atoms with Crippen LogP contribution in [0, 0.1) is 0 Å². The summed E-state index contributed by atoms with van der Waals surface area (Å²) in [6.45, 7) is 3.25. The van der Waals surface area contributed by atoms with Gasteiger partial charge in [0.2, 0.25) is 0 Å². The zero-order chi connectivity index (χ0) is 22.2. The summed E-state index contributed by atoms with van der Waals surface area (Å²) in [6.07, 6.45) is -1.03. The van der Waals surface area contributed by atoms with E-state index in [9.17, 15) is 13.8 Å². The molecule has 1 amide bonds. The third kappa shape index (κ3) is 6.02. The van der Waals surface area contributed by atoms with Crippen molar-refractivity contribution in [1.29, 1.82) is 0 Å². The van der Waals surface area contributed by atoms with Crippen LogP contribution in [0.4, 0.5) is 5.69 Å². The molecular weight excluding hydrogens is 414 g/mol. The second-order valence-corrected chi connectivity index (χ2v) is 8.31. The lowest BCUT2D eigenvalue weighted by Gasteiger charge is -2.15. The number of benzene rings is 3. The fourth-order valence-electron chi connectivity index (χ4n) is 2.74. The molecule has 0 aliphatic rings. The molecule has 0 spiro atoms. The van der Waals surface area contributed by atoms with E-state index in [0.29, 0.717) is 27.8 Å². The van der Waals surface area contributed by atoms with Gasteiger partial charge < -0.3 is 14.8 Å². The van der Waals surface area contributed by atoms with E-state index in [1.54, 1.807) is 55.5 Å². The number of carbonyl (C=O) groups is 2. The Balaban J connectivity index is 1.59. The predicted octanol–water partition coefficient (Wildman–Crippen LogP) is 4.79. The standard InChI is InChI=1S/C24H23NO5S/c1-3-31(28)22-12-8-7-11-21(22)24(27)29-17(2)23(26)25-18-13-15-20(16-14-18)30-19-9-5-4-6-10-19/h4-17H,3H2,1-2H3,(H,25,26)/t17-,31+/m1/s1. The summed E-state index contributed by atoms with van der Waals surface area (Å²) in [5.41, 5.74) is 0.741. The monoisotopic (exact) mass is 437 g/mol. The van der Waals surface area contributed by atoms with Gasteiger partial charge in [-0.2, -0.15) is 0 Å². The van der Waals surface area contributed by atoms with Crippen LogP contribution in [0.2, 0.25) is 0 Å². The number of amides is 1. The van der Waals surface area contributed by atoms with Crippen LogP contribution in [0.5, 0.6) is 11.5 Å². The van der Waals surface area contributed by atoms with Crippen molar-refractivity contribution in [3.63, 3.8) is 0 Å². The molecule has 0 aliphatic carbocycles. The predicted molar refractivity (Wildman–Crippen MR) is 120 cm³/mol. The first kappa shape index (κ1) is 22.2. The molecule has 0 bridgehead atoms.